The van der Waals surface area contributed by atoms with Crippen molar-refractivity contribution in [2.24, 2.45) is 0 Å². The largest absolute Gasteiger partial charge is 0.478 e. The number of hydrogen-bond acceptors (Lipinski definition) is 5. The van der Waals surface area contributed by atoms with Gasteiger partial charge in [0.15, 0.2) is 0 Å². The van der Waals surface area contributed by atoms with Crippen molar-refractivity contribution in [3.8, 4) is 0 Å². The zero-order chi connectivity index (χ0) is 13.9. The number of carboxylic acid groups (broad SMARTS) is 1. The van der Waals surface area contributed by atoms with E-state index in [1.54, 1.807) is 13.0 Å². The monoisotopic (exact) mass is 266 g/mol. The van der Waals surface area contributed by atoms with Crippen LogP contribution >= 0.6 is 0 Å². The lowest BCUT2D eigenvalue weighted by atomic mass is 9.94. The third-order valence-electron chi connectivity index (χ3n) is 3.30. The van der Waals surface area contributed by atoms with Gasteiger partial charge in [-0.1, -0.05) is 0 Å². The van der Waals surface area contributed by atoms with Crippen molar-refractivity contribution in [1.29, 1.82) is 0 Å². The van der Waals surface area contributed by atoms with Gasteiger partial charge in [-0.3, -0.25) is 4.98 Å². The molecule has 6 heteroatoms. The Morgan fingerprint density at radius 3 is 2.84 bits per heavy atom. The van der Waals surface area contributed by atoms with Crippen LogP contribution < -0.4 is 5.32 Å². The van der Waals surface area contributed by atoms with Gasteiger partial charge in [0.2, 0.25) is 0 Å². The number of aromatic nitrogens is 1. The summed E-state index contributed by atoms with van der Waals surface area (Å²) < 4.78 is 5.21. The topological polar surface area (TPSA) is 91.7 Å². The molecule has 1 aromatic heterocycles. The summed E-state index contributed by atoms with van der Waals surface area (Å²) in [5.41, 5.74) is 0.484. The second-order valence-corrected chi connectivity index (χ2v) is 4.87. The molecule has 2 heterocycles. The van der Waals surface area contributed by atoms with Crippen LogP contribution in [0.5, 0.6) is 0 Å². The molecule has 0 amide bonds. The van der Waals surface area contributed by atoms with E-state index in [1.165, 1.54) is 6.20 Å². The molecular weight excluding hydrogens is 248 g/mol. The Morgan fingerprint density at radius 2 is 2.21 bits per heavy atom. The first-order chi connectivity index (χ1) is 9.00. The Bertz CT molecular complexity index is 470. The summed E-state index contributed by atoms with van der Waals surface area (Å²) in [5, 5.41) is 22.4. The summed E-state index contributed by atoms with van der Waals surface area (Å²) in [5.74, 6) is -1.03. The first kappa shape index (κ1) is 13.8. The molecule has 1 aliphatic rings. The zero-order valence-electron chi connectivity index (χ0n) is 10.8. The average molecular weight is 266 g/mol. The van der Waals surface area contributed by atoms with E-state index in [0.717, 1.165) is 5.69 Å². The van der Waals surface area contributed by atoms with E-state index < -0.39 is 11.6 Å². The molecule has 0 bridgehead atoms. The molecule has 2 rings (SSSR count). The third-order valence-corrected chi connectivity index (χ3v) is 3.30. The van der Waals surface area contributed by atoms with E-state index in [2.05, 4.69) is 10.3 Å². The lowest BCUT2D eigenvalue weighted by molar-refractivity contribution is -0.0543. The Kier molecular flexibility index (Phi) is 4.01. The molecule has 0 unspecified atom stereocenters. The number of carboxylic acids is 1. The maximum Gasteiger partial charge on any atom is 0.339 e. The smallest absolute Gasteiger partial charge is 0.339 e. The fraction of sp³-hybridized carbons (Fsp3) is 0.538. The number of pyridine rings is 1. The molecule has 104 valence electrons. The molecule has 1 aliphatic heterocycles. The van der Waals surface area contributed by atoms with Crippen molar-refractivity contribution < 1.29 is 19.7 Å². The minimum atomic E-state index is -1.03. The van der Waals surface area contributed by atoms with Crippen LogP contribution in [0.4, 0.5) is 5.69 Å². The maximum atomic E-state index is 11.1. The van der Waals surface area contributed by atoms with Crippen LogP contribution in [0.25, 0.3) is 0 Å². The van der Waals surface area contributed by atoms with Crippen LogP contribution in [0.15, 0.2) is 12.3 Å². The molecule has 3 N–H and O–H groups in total. The van der Waals surface area contributed by atoms with Gasteiger partial charge < -0.3 is 20.3 Å². The van der Waals surface area contributed by atoms with Gasteiger partial charge in [-0.25, -0.2) is 4.79 Å². The number of aryl methyl sites for hydroxylation is 1. The van der Waals surface area contributed by atoms with Crippen LogP contribution in [0, 0.1) is 6.92 Å². The molecule has 1 fully saturated rings. The van der Waals surface area contributed by atoms with Gasteiger partial charge in [-0.05, 0) is 13.0 Å². The Morgan fingerprint density at radius 1 is 1.53 bits per heavy atom. The highest BCUT2D eigenvalue weighted by molar-refractivity contribution is 5.93. The fourth-order valence-electron chi connectivity index (χ4n) is 2.06. The van der Waals surface area contributed by atoms with Crippen molar-refractivity contribution in [3.63, 3.8) is 0 Å². The first-order valence-electron chi connectivity index (χ1n) is 6.24. The van der Waals surface area contributed by atoms with Gasteiger partial charge in [0.1, 0.15) is 5.56 Å². The molecule has 0 spiro atoms. The van der Waals surface area contributed by atoms with Crippen molar-refractivity contribution >= 4 is 11.7 Å². The molecule has 1 aromatic rings. The highest BCUT2D eigenvalue weighted by Crippen LogP contribution is 2.23. The number of aromatic carboxylic acids is 1. The van der Waals surface area contributed by atoms with Crippen LogP contribution in [-0.4, -0.2) is 46.5 Å². The number of carbonyl (C=O) groups is 1. The summed E-state index contributed by atoms with van der Waals surface area (Å²) in [7, 11) is 0. The average Bonchev–Trinajstić information content (AvgIpc) is 2.37. The van der Waals surface area contributed by atoms with E-state index in [-0.39, 0.29) is 5.56 Å². The second kappa shape index (κ2) is 5.54. The number of aliphatic hydroxyl groups is 1. The summed E-state index contributed by atoms with van der Waals surface area (Å²) in [6.07, 6.45) is 2.42. The van der Waals surface area contributed by atoms with Gasteiger partial charge >= 0.3 is 5.97 Å². The minimum absolute atomic E-state index is 0.112. The van der Waals surface area contributed by atoms with Crippen LogP contribution in [0.1, 0.15) is 28.9 Å². The number of hydrogen-bond donors (Lipinski definition) is 3. The fourth-order valence-corrected chi connectivity index (χ4v) is 2.06. The van der Waals surface area contributed by atoms with Crippen LogP contribution in [0.3, 0.4) is 0 Å². The number of anilines is 1. The lowest BCUT2D eigenvalue weighted by Gasteiger charge is -2.32. The normalized spacial score (nSPS) is 18.0. The van der Waals surface area contributed by atoms with Gasteiger partial charge in [0.05, 0.1) is 11.3 Å². The van der Waals surface area contributed by atoms with E-state index in [0.29, 0.717) is 38.3 Å². The van der Waals surface area contributed by atoms with Gasteiger partial charge in [0, 0.05) is 44.5 Å². The zero-order valence-corrected chi connectivity index (χ0v) is 10.8. The minimum Gasteiger partial charge on any atom is -0.478 e. The predicted molar refractivity (Wildman–Crippen MR) is 69.4 cm³/mol. The summed E-state index contributed by atoms with van der Waals surface area (Å²) in [6.45, 7) is 3.15. The molecule has 0 aliphatic carbocycles. The SMILES string of the molecule is Cc1cc(NCC2(O)CCOCC2)c(C(=O)O)cn1. The quantitative estimate of drug-likeness (QED) is 0.754. The number of ether oxygens (including phenoxy) is 1. The van der Waals surface area contributed by atoms with E-state index >= 15 is 0 Å². The number of rotatable bonds is 4. The third kappa shape index (κ3) is 3.42. The van der Waals surface area contributed by atoms with Crippen molar-refractivity contribution in [2.45, 2.75) is 25.4 Å². The molecule has 0 atom stereocenters. The maximum absolute atomic E-state index is 11.1. The summed E-state index contributed by atoms with van der Waals surface area (Å²) in [4.78, 5) is 15.1. The standard InChI is InChI=1S/C13H18N2O4/c1-9-6-11(10(7-14-9)12(16)17)15-8-13(18)2-4-19-5-3-13/h6-7,18H,2-5,8H2,1H3,(H,14,15)(H,16,17). The van der Waals surface area contributed by atoms with Gasteiger partial charge in [-0.15, -0.1) is 0 Å². The highest BCUT2D eigenvalue weighted by Gasteiger charge is 2.29. The number of nitrogens with one attached hydrogen (secondary N) is 1. The Hall–Kier alpha value is -1.66. The molecular formula is C13H18N2O4. The second-order valence-electron chi connectivity index (χ2n) is 4.87. The van der Waals surface area contributed by atoms with Crippen molar-refractivity contribution in [1.82, 2.24) is 4.98 Å². The van der Waals surface area contributed by atoms with E-state index in [1.807, 2.05) is 0 Å². The van der Waals surface area contributed by atoms with Crippen molar-refractivity contribution in [3.05, 3.63) is 23.5 Å². The van der Waals surface area contributed by atoms with Crippen molar-refractivity contribution in [2.75, 3.05) is 25.1 Å². The molecule has 0 radical (unpaired) electrons. The molecule has 6 nitrogen and oxygen atoms in total. The summed E-state index contributed by atoms with van der Waals surface area (Å²) in [6, 6.07) is 1.67. The first-order valence-corrected chi connectivity index (χ1v) is 6.24. The summed E-state index contributed by atoms with van der Waals surface area (Å²) >= 11 is 0. The molecule has 0 aromatic carbocycles. The van der Waals surface area contributed by atoms with Gasteiger partial charge in [0.25, 0.3) is 0 Å². The van der Waals surface area contributed by atoms with Gasteiger partial charge in [-0.2, -0.15) is 0 Å². The van der Waals surface area contributed by atoms with E-state index in [4.69, 9.17) is 9.84 Å². The molecule has 1 saturated heterocycles. The lowest BCUT2D eigenvalue weighted by Crippen LogP contribution is -2.42. The van der Waals surface area contributed by atoms with Crippen LogP contribution in [0.2, 0.25) is 0 Å². The predicted octanol–water partition coefficient (Wildman–Crippen LogP) is 1.04. The number of nitrogens with zero attached hydrogens (tertiary/aromatic N) is 1. The Balaban J connectivity index is 2.10. The van der Waals surface area contributed by atoms with E-state index in [9.17, 15) is 9.90 Å². The molecule has 0 saturated carbocycles. The highest BCUT2D eigenvalue weighted by atomic mass is 16.5. The molecule has 19 heavy (non-hydrogen) atoms. The van der Waals surface area contributed by atoms with Crippen LogP contribution in [-0.2, 0) is 4.74 Å². The Labute approximate surface area is 111 Å².